The summed E-state index contributed by atoms with van der Waals surface area (Å²) >= 11 is 0. The Morgan fingerprint density at radius 3 is 2.32 bits per heavy atom. The van der Waals surface area contributed by atoms with Crippen LogP contribution >= 0.6 is 0 Å². The fraction of sp³-hybridized carbons (Fsp3) is 0.200. The summed E-state index contributed by atoms with van der Waals surface area (Å²) in [5.41, 5.74) is 0.942. The Kier molecular flexibility index (Phi) is 5.55. The van der Waals surface area contributed by atoms with Gasteiger partial charge in [0.05, 0.1) is 28.7 Å². The molecule has 3 aromatic heterocycles. The van der Waals surface area contributed by atoms with E-state index in [9.17, 15) is 22.3 Å². The lowest BCUT2D eigenvalue weighted by Crippen LogP contribution is -2.34. The summed E-state index contributed by atoms with van der Waals surface area (Å²) in [7, 11) is -4.17. The molecule has 0 fully saturated rings. The van der Waals surface area contributed by atoms with Gasteiger partial charge in [-0.15, -0.1) is 10.2 Å². The Balaban J connectivity index is 1.56. The highest BCUT2D eigenvalue weighted by Crippen LogP contribution is 2.42. The minimum Gasteiger partial charge on any atom is -0.415 e. The summed E-state index contributed by atoms with van der Waals surface area (Å²) in [5, 5.41) is 18.0. The first-order valence-electron chi connectivity index (χ1n) is 9.83. The number of nitrogens with zero attached hydrogens (tertiary/aromatic N) is 7. The first-order chi connectivity index (χ1) is 16.4. The van der Waals surface area contributed by atoms with Gasteiger partial charge in [0.1, 0.15) is 12.1 Å². The lowest BCUT2D eigenvalue weighted by Gasteiger charge is -2.29. The molecule has 0 bridgehead atoms. The molecule has 0 saturated heterocycles. The van der Waals surface area contributed by atoms with Gasteiger partial charge >= 0.3 is 6.43 Å². The number of aromatic nitrogens is 6. The molecule has 0 aliphatic carbocycles. The molecule has 11 nitrogen and oxygen atoms in total. The molecule has 174 valence electrons. The fourth-order valence-electron chi connectivity index (χ4n) is 3.68. The van der Waals surface area contributed by atoms with Crippen molar-refractivity contribution in [2.45, 2.75) is 30.0 Å². The quantitative estimate of drug-likeness (QED) is 0.429. The second-order valence-corrected chi connectivity index (χ2v) is 9.13. The minimum atomic E-state index is -4.17. The summed E-state index contributed by atoms with van der Waals surface area (Å²) < 4.78 is 58.8. The van der Waals surface area contributed by atoms with Crippen LogP contribution in [0.25, 0.3) is 11.5 Å². The molecule has 0 spiro atoms. The molecule has 2 atom stereocenters. The van der Waals surface area contributed by atoms with E-state index in [-0.39, 0.29) is 34.3 Å². The maximum Gasteiger partial charge on any atom is 0.314 e. The van der Waals surface area contributed by atoms with E-state index in [1.54, 1.807) is 0 Å². The molecule has 1 aliphatic rings. The van der Waals surface area contributed by atoms with E-state index in [0.717, 1.165) is 4.31 Å². The van der Waals surface area contributed by atoms with Gasteiger partial charge in [-0.2, -0.15) is 13.1 Å². The summed E-state index contributed by atoms with van der Waals surface area (Å²) in [4.78, 5) is 16.2. The van der Waals surface area contributed by atoms with E-state index in [1.807, 2.05) is 0 Å². The van der Waals surface area contributed by atoms with Gasteiger partial charge in [0.25, 0.3) is 5.89 Å². The molecule has 0 amide bonds. The second-order valence-electron chi connectivity index (χ2n) is 7.27. The smallest absolute Gasteiger partial charge is 0.314 e. The van der Waals surface area contributed by atoms with E-state index >= 15 is 0 Å². The molecule has 1 aromatic carbocycles. The van der Waals surface area contributed by atoms with Crippen molar-refractivity contribution in [1.29, 1.82) is 0 Å². The van der Waals surface area contributed by atoms with Gasteiger partial charge in [-0.25, -0.2) is 8.42 Å². The Morgan fingerprint density at radius 1 is 1.00 bits per heavy atom. The van der Waals surface area contributed by atoms with Crippen molar-refractivity contribution in [3.8, 4) is 11.5 Å². The first kappa shape index (κ1) is 22.1. The third-order valence-electron chi connectivity index (χ3n) is 5.24. The third kappa shape index (κ3) is 3.81. The third-order valence-corrected chi connectivity index (χ3v) is 7.15. The van der Waals surface area contributed by atoms with Crippen molar-refractivity contribution in [2.24, 2.45) is 0 Å². The number of hydrogen-bond acceptors (Lipinski definition) is 10. The van der Waals surface area contributed by atoms with Crippen LogP contribution < -0.4 is 0 Å². The Hall–Kier alpha value is -3.75. The molecule has 0 unspecified atom stereocenters. The molecule has 0 radical (unpaired) electrons. The van der Waals surface area contributed by atoms with E-state index in [1.165, 1.54) is 55.4 Å². The van der Waals surface area contributed by atoms with Crippen molar-refractivity contribution in [3.05, 3.63) is 78.2 Å². The van der Waals surface area contributed by atoms with E-state index in [2.05, 4.69) is 30.1 Å². The summed E-state index contributed by atoms with van der Waals surface area (Å²) in [6, 6.07) is 3.13. The van der Waals surface area contributed by atoms with Crippen LogP contribution in [-0.4, -0.2) is 48.0 Å². The van der Waals surface area contributed by atoms with Gasteiger partial charge in [0.2, 0.25) is 15.9 Å². The number of aliphatic hydroxyl groups excluding tert-OH is 1. The highest BCUT2D eigenvalue weighted by molar-refractivity contribution is 7.89. The molecule has 1 N–H and O–H groups in total. The van der Waals surface area contributed by atoms with Crippen molar-refractivity contribution in [3.63, 3.8) is 0 Å². The summed E-state index contributed by atoms with van der Waals surface area (Å²) in [6.45, 7) is -0.0807. The maximum absolute atomic E-state index is 13.6. The van der Waals surface area contributed by atoms with Crippen molar-refractivity contribution >= 4 is 10.0 Å². The van der Waals surface area contributed by atoms with Gasteiger partial charge < -0.3 is 9.52 Å². The molecule has 1 aliphatic heterocycles. The number of halogens is 2. The van der Waals surface area contributed by atoms with Crippen LogP contribution in [0.4, 0.5) is 8.78 Å². The van der Waals surface area contributed by atoms with E-state index in [4.69, 9.17) is 4.42 Å². The molecule has 34 heavy (non-hydrogen) atoms. The maximum atomic E-state index is 13.6. The lowest BCUT2D eigenvalue weighted by molar-refractivity contribution is 0.0821. The molecule has 4 aromatic rings. The lowest BCUT2D eigenvalue weighted by atomic mass is 10.0. The van der Waals surface area contributed by atoms with Crippen LogP contribution in [0.1, 0.15) is 41.4 Å². The van der Waals surface area contributed by atoms with Crippen molar-refractivity contribution in [1.82, 2.24) is 34.4 Å². The van der Waals surface area contributed by atoms with Gasteiger partial charge in [-0.1, -0.05) is 6.07 Å². The zero-order valence-corrected chi connectivity index (χ0v) is 17.9. The van der Waals surface area contributed by atoms with Gasteiger partial charge in [0.15, 0.2) is 0 Å². The average molecular weight is 487 g/mol. The normalized spacial score (nSPS) is 16.9. The SMILES string of the molecule is O=S1(=O)c2cc(-c3nnc(C(F)F)o3)ccc2CN1[C@H](c1cnccn1)[C@@H](O)c1cnccn1. The van der Waals surface area contributed by atoms with E-state index < -0.39 is 34.5 Å². The first-order valence-corrected chi connectivity index (χ1v) is 11.3. The predicted molar refractivity (Wildman–Crippen MR) is 109 cm³/mol. The van der Waals surface area contributed by atoms with Crippen LogP contribution in [0.15, 0.2) is 64.7 Å². The highest BCUT2D eigenvalue weighted by Gasteiger charge is 2.44. The van der Waals surface area contributed by atoms with E-state index in [0.29, 0.717) is 5.56 Å². The molecular formula is C20H15F2N7O4S. The van der Waals surface area contributed by atoms with Gasteiger partial charge in [-0.05, 0) is 17.7 Å². The largest absolute Gasteiger partial charge is 0.415 e. The monoisotopic (exact) mass is 487 g/mol. The molecule has 5 rings (SSSR count). The van der Waals surface area contributed by atoms with Crippen molar-refractivity contribution < 1.29 is 26.7 Å². The molecule has 0 saturated carbocycles. The minimum absolute atomic E-state index is 0.0807. The van der Waals surface area contributed by atoms with Crippen LogP contribution in [0, 0.1) is 0 Å². The van der Waals surface area contributed by atoms with Gasteiger partial charge in [0, 0.05) is 36.9 Å². The average Bonchev–Trinajstić information content (AvgIpc) is 3.44. The Labute approximate surface area is 191 Å². The Bertz CT molecular complexity index is 1420. The zero-order chi connectivity index (χ0) is 23.9. The standard InChI is InChI=1S/C20H15F2N7O4S/c21-18(22)20-28-27-19(33-20)11-1-2-12-10-29(34(31,32)15(12)7-11)16(13-8-23-3-5-25-13)17(30)14-9-24-4-6-26-14/h1-9,16-18,30H,10H2/t16-,17+/m1/s1. The number of hydrogen-bond donors (Lipinski definition) is 1. The second kappa shape index (κ2) is 8.55. The molecular weight excluding hydrogens is 472 g/mol. The number of alkyl halides is 2. The number of fused-ring (bicyclic) bond motifs is 1. The highest BCUT2D eigenvalue weighted by atomic mass is 32.2. The zero-order valence-electron chi connectivity index (χ0n) is 17.1. The number of rotatable bonds is 6. The molecule has 4 heterocycles. The number of benzene rings is 1. The number of sulfonamides is 1. The van der Waals surface area contributed by atoms with Crippen LogP contribution in [0.2, 0.25) is 0 Å². The Morgan fingerprint density at radius 2 is 1.71 bits per heavy atom. The fourth-order valence-corrected chi connectivity index (χ4v) is 5.50. The molecule has 14 heteroatoms. The summed E-state index contributed by atoms with van der Waals surface area (Å²) in [6.07, 6.45) is 3.95. The van der Waals surface area contributed by atoms with Crippen molar-refractivity contribution in [2.75, 3.05) is 0 Å². The summed E-state index contributed by atoms with van der Waals surface area (Å²) in [5.74, 6) is -1.10. The predicted octanol–water partition coefficient (Wildman–Crippen LogP) is 2.23. The van der Waals surface area contributed by atoms with Crippen LogP contribution in [0.3, 0.4) is 0 Å². The van der Waals surface area contributed by atoms with Gasteiger partial charge in [-0.3, -0.25) is 19.9 Å². The number of aliphatic hydroxyl groups is 1. The topological polar surface area (TPSA) is 148 Å². The van der Waals surface area contributed by atoms with Crippen LogP contribution in [-0.2, 0) is 16.6 Å². The van der Waals surface area contributed by atoms with Crippen LogP contribution in [0.5, 0.6) is 0 Å².